The number of hydrogen-bond donors (Lipinski definition) is 0. The van der Waals surface area contributed by atoms with Crippen LogP contribution < -0.4 is 0 Å². The summed E-state index contributed by atoms with van der Waals surface area (Å²) in [5, 5.41) is 0. The summed E-state index contributed by atoms with van der Waals surface area (Å²) in [6.45, 7) is 4.31. The van der Waals surface area contributed by atoms with Crippen LogP contribution in [-0.4, -0.2) is 62.4 Å². The number of aryl methyl sites for hydroxylation is 1. The Morgan fingerprint density at radius 1 is 1.03 bits per heavy atom. The Kier molecular flexibility index (Phi) is 6.04. The number of rotatable bonds is 5. The molecule has 2 aliphatic rings. The molecule has 1 atom stereocenters. The molecule has 0 saturated carbocycles. The average molecular weight is 427 g/mol. The third kappa shape index (κ3) is 4.33. The van der Waals surface area contributed by atoms with Crippen LogP contribution in [0.2, 0.25) is 0 Å². The summed E-state index contributed by atoms with van der Waals surface area (Å²) in [7, 11) is -3.74. The number of hydrogen-bond acceptors (Lipinski definition) is 4. The number of ether oxygens (including phenoxy) is 1. The lowest BCUT2D eigenvalue weighted by Crippen LogP contribution is -2.44. The van der Waals surface area contributed by atoms with E-state index in [2.05, 4.69) is 0 Å². The quantitative estimate of drug-likeness (QED) is 0.737. The van der Waals surface area contributed by atoms with E-state index in [9.17, 15) is 13.2 Å². The van der Waals surface area contributed by atoms with E-state index in [1.807, 2.05) is 43.3 Å². The van der Waals surface area contributed by atoms with Gasteiger partial charge in [-0.2, -0.15) is 4.31 Å². The topological polar surface area (TPSA) is 66.9 Å². The van der Waals surface area contributed by atoms with Gasteiger partial charge in [0.1, 0.15) is 0 Å². The Balaban J connectivity index is 1.63. The van der Waals surface area contributed by atoms with Crippen LogP contribution in [0.1, 0.15) is 17.5 Å². The fourth-order valence-corrected chi connectivity index (χ4v) is 5.44. The summed E-state index contributed by atoms with van der Waals surface area (Å²) in [5.74, 6) is -0.0435. The molecule has 0 radical (unpaired) electrons. The first-order chi connectivity index (χ1) is 14.4. The number of benzene rings is 2. The van der Waals surface area contributed by atoms with Crippen molar-refractivity contribution in [3.8, 4) is 0 Å². The fraction of sp³-hybridized carbons (Fsp3) is 0.348. The largest absolute Gasteiger partial charge is 0.378 e. The van der Waals surface area contributed by atoms with E-state index in [-0.39, 0.29) is 23.8 Å². The molecule has 30 heavy (non-hydrogen) atoms. The lowest BCUT2D eigenvalue weighted by Gasteiger charge is -2.29. The standard InChI is InChI=1S/C23H26N2O4S/c1-18-7-9-22(10-8-18)30(27,28)25-17-20(19-5-3-2-4-6-19)15-21(25)16-23(26)24-11-13-29-14-12-24/h2-10,15,21H,11-14,16-17H2,1H3. The molecule has 0 aliphatic carbocycles. The predicted molar refractivity (Wildman–Crippen MR) is 115 cm³/mol. The molecule has 1 unspecified atom stereocenters. The van der Waals surface area contributed by atoms with Crippen molar-refractivity contribution >= 4 is 21.5 Å². The van der Waals surface area contributed by atoms with Gasteiger partial charge in [0.15, 0.2) is 0 Å². The van der Waals surface area contributed by atoms with Crippen molar-refractivity contribution in [1.29, 1.82) is 0 Å². The molecule has 1 fully saturated rings. The van der Waals surface area contributed by atoms with Crippen LogP contribution in [0.25, 0.3) is 5.57 Å². The third-order valence-electron chi connectivity index (χ3n) is 5.61. The monoisotopic (exact) mass is 426 g/mol. The highest BCUT2D eigenvalue weighted by molar-refractivity contribution is 7.89. The van der Waals surface area contributed by atoms with Gasteiger partial charge in [0.2, 0.25) is 15.9 Å². The molecule has 2 aliphatic heterocycles. The zero-order chi connectivity index (χ0) is 21.1. The maximum absolute atomic E-state index is 13.4. The van der Waals surface area contributed by atoms with Crippen molar-refractivity contribution in [2.45, 2.75) is 24.3 Å². The minimum Gasteiger partial charge on any atom is -0.378 e. The van der Waals surface area contributed by atoms with Gasteiger partial charge in [-0.15, -0.1) is 0 Å². The predicted octanol–water partition coefficient (Wildman–Crippen LogP) is 2.70. The van der Waals surface area contributed by atoms with E-state index in [4.69, 9.17) is 4.74 Å². The van der Waals surface area contributed by atoms with E-state index in [0.29, 0.717) is 26.3 Å². The Morgan fingerprint density at radius 3 is 2.37 bits per heavy atom. The van der Waals surface area contributed by atoms with Crippen molar-refractivity contribution in [3.05, 3.63) is 71.8 Å². The Hall–Kier alpha value is -2.48. The van der Waals surface area contributed by atoms with Gasteiger partial charge in [-0.3, -0.25) is 4.79 Å². The molecule has 2 aromatic carbocycles. The van der Waals surface area contributed by atoms with Crippen molar-refractivity contribution < 1.29 is 17.9 Å². The first kappa shape index (κ1) is 20.8. The molecule has 0 N–H and O–H groups in total. The summed E-state index contributed by atoms with van der Waals surface area (Å²) in [4.78, 5) is 14.9. The zero-order valence-electron chi connectivity index (χ0n) is 17.0. The molecule has 1 saturated heterocycles. The summed E-state index contributed by atoms with van der Waals surface area (Å²) in [6, 6.07) is 16.1. The number of carbonyl (C=O) groups excluding carboxylic acids is 1. The van der Waals surface area contributed by atoms with E-state index in [1.54, 1.807) is 29.2 Å². The smallest absolute Gasteiger partial charge is 0.243 e. The molecule has 2 aromatic rings. The van der Waals surface area contributed by atoms with Crippen LogP contribution >= 0.6 is 0 Å². The Bertz CT molecular complexity index is 1030. The Labute approximate surface area is 177 Å². The zero-order valence-corrected chi connectivity index (χ0v) is 17.8. The second-order valence-electron chi connectivity index (χ2n) is 7.69. The van der Waals surface area contributed by atoms with E-state index in [0.717, 1.165) is 16.7 Å². The second kappa shape index (κ2) is 8.71. The highest BCUT2D eigenvalue weighted by Crippen LogP contribution is 2.32. The summed E-state index contributed by atoms with van der Waals surface area (Å²) in [6.07, 6.45) is 2.06. The molecule has 0 bridgehead atoms. The molecule has 0 spiro atoms. The van der Waals surface area contributed by atoms with Gasteiger partial charge >= 0.3 is 0 Å². The van der Waals surface area contributed by atoms with Crippen LogP contribution in [0.15, 0.2) is 65.6 Å². The molecule has 158 valence electrons. The highest BCUT2D eigenvalue weighted by Gasteiger charge is 2.37. The summed E-state index contributed by atoms with van der Waals surface area (Å²) in [5.41, 5.74) is 2.89. The van der Waals surface area contributed by atoms with Gasteiger partial charge < -0.3 is 9.64 Å². The van der Waals surface area contributed by atoms with Gasteiger partial charge in [0.05, 0.1) is 24.2 Å². The summed E-state index contributed by atoms with van der Waals surface area (Å²) < 4.78 is 33.7. The van der Waals surface area contributed by atoms with E-state index < -0.39 is 16.1 Å². The van der Waals surface area contributed by atoms with Crippen LogP contribution in [0, 0.1) is 6.92 Å². The van der Waals surface area contributed by atoms with Crippen LogP contribution in [0.3, 0.4) is 0 Å². The molecule has 2 heterocycles. The van der Waals surface area contributed by atoms with E-state index in [1.165, 1.54) is 4.31 Å². The minimum absolute atomic E-state index is 0.0435. The Morgan fingerprint density at radius 2 is 1.70 bits per heavy atom. The molecule has 7 heteroatoms. The summed E-state index contributed by atoms with van der Waals surface area (Å²) >= 11 is 0. The number of amides is 1. The molecule has 0 aromatic heterocycles. The first-order valence-corrected chi connectivity index (χ1v) is 11.6. The lowest BCUT2D eigenvalue weighted by molar-refractivity contribution is -0.135. The maximum atomic E-state index is 13.4. The number of morpholine rings is 1. The minimum atomic E-state index is -3.74. The molecule has 6 nitrogen and oxygen atoms in total. The number of sulfonamides is 1. The highest BCUT2D eigenvalue weighted by atomic mass is 32.2. The van der Waals surface area contributed by atoms with Crippen LogP contribution in [0.5, 0.6) is 0 Å². The van der Waals surface area contributed by atoms with Crippen molar-refractivity contribution in [3.63, 3.8) is 0 Å². The number of nitrogens with zero attached hydrogens (tertiary/aromatic N) is 2. The van der Waals surface area contributed by atoms with Gasteiger partial charge in [-0.05, 0) is 30.2 Å². The lowest BCUT2D eigenvalue weighted by atomic mass is 10.1. The van der Waals surface area contributed by atoms with Gasteiger partial charge in [-0.25, -0.2) is 8.42 Å². The van der Waals surface area contributed by atoms with Crippen molar-refractivity contribution in [2.24, 2.45) is 0 Å². The first-order valence-electron chi connectivity index (χ1n) is 10.2. The van der Waals surface area contributed by atoms with Crippen molar-refractivity contribution in [2.75, 3.05) is 32.8 Å². The van der Waals surface area contributed by atoms with Crippen molar-refractivity contribution in [1.82, 2.24) is 9.21 Å². The van der Waals surface area contributed by atoms with Gasteiger partial charge in [0, 0.05) is 26.1 Å². The average Bonchev–Trinajstić information content (AvgIpc) is 3.20. The molecule has 1 amide bonds. The number of carbonyl (C=O) groups is 1. The van der Waals surface area contributed by atoms with E-state index >= 15 is 0 Å². The molecular formula is C23H26N2O4S. The van der Waals surface area contributed by atoms with Gasteiger partial charge in [-0.1, -0.05) is 54.1 Å². The third-order valence-corrected chi connectivity index (χ3v) is 7.49. The normalized spacial score (nSPS) is 20.2. The molecular weight excluding hydrogens is 400 g/mol. The second-order valence-corrected chi connectivity index (χ2v) is 9.58. The maximum Gasteiger partial charge on any atom is 0.243 e. The SMILES string of the molecule is Cc1ccc(S(=O)(=O)N2CC(c3ccccc3)=CC2CC(=O)N2CCOCC2)cc1. The van der Waals surface area contributed by atoms with Crippen LogP contribution in [-0.2, 0) is 19.6 Å². The molecule has 4 rings (SSSR count). The van der Waals surface area contributed by atoms with Gasteiger partial charge in [0.25, 0.3) is 0 Å². The fourth-order valence-electron chi connectivity index (χ4n) is 3.88. The van der Waals surface area contributed by atoms with Crippen LogP contribution in [0.4, 0.5) is 0 Å².